The van der Waals surface area contributed by atoms with E-state index in [0.717, 1.165) is 6.42 Å². The van der Waals surface area contributed by atoms with Crippen molar-refractivity contribution in [3.05, 3.63) is 15.4 Å². The normalized spacial score (nSPS) is 24.8. The predicted octanol–water partition coefficient (Wildman–Crippen LogP) is 3.08. The van der Waals surface area contributed by atoms with Crippen molar-refractivity contribution < 1.29 is 14.7 Å². The van der Waals surface area contributed by atoms with Crippen molar-refractivity contribution in [3.8, 4) is 0 Å². The van der Waals surface area contributed by atoms with Gasteiger partial charge in [0.15, 0.2) is 5.82 Å². The lowest BCUT2D eigenvalue weighted by molar-refractivity contribution is -0.145. The van der Waals surface area contributed by atoms with Crippen LogP contribution in [0.2, 0.25) is 0 Å². The Balaban J connectivity index is 2.13. The lowest BCUT2D eigenvalue weighted by atomic mass is 9.95. The fraction of sp³-hybridized carbons (Fsp3) is 0.538. The predicted molar refractivity (Wildman–Crippen MR) is 83.7 cm³/mol. The van der Waals surface area contributed by atoms with Gasteiger partial charge in [0.25, 0.3) is 0 Å². The zero-order chi connectivity index (χ0) is 15.6. The number of aromatic nitrogens is 2. The van der Waals surface area contributed by atoms with Crippen molar-refractivity contribution in [2.45, 2.75) is 26.2 Å². The average molecular weight is 421 g/mol. The number of carbonyl (C=O) groups excluding carboxylic acids is 1. The molecule has 3 atom stereocenters. The van der Waals surface area contributed by atoms with Crippen molar-refractivity contribution in [2.75, 3.05) is 5.32 Å². The van der Waals surface area contributed by atoms with Crippen LogP contribution in [-0.4, -0.2) is 27.0 Å². The minimum atomic E-state index is -0.910. The molecule has 0 aliphatic heterocycles. The number of carboxylic acid groups (broad SMARTS) is 1. The summed E-state index contributed by atoms with van der Waals surface area (Å²) < 4.78 is 0.949. The van der Waals surface area contributed by atoms with Gasteiger partial charge in [-0.15, -0.1) is 0 Å². The minimum absolute atomic E-state index is 0.279. The SMILES string of the molecule is CCC1CC(C(=O)O)C(C(=O)Nc2ncc(Br)nc2Br)C1. The van der Waals surface area contributed by atoms with Gasteiger partial charge in [-0.05, 0) is 50.6 Å². The summed E-state index contributed by atoms with van der Waals surface area (Å²) in [6.07, 6.45) is 3.51. The highest BCUT2D eigenvalue weighted by atomic mass is 79.9. The number of halogens is 2. The summed E-state index contributed by atoms with van der Waals surface area (Å²) in [6.45, 7) is 2.01. The van der Waals surface area contributed by atoms with E-state index in [0.29, 0.717) is 27.9 Å². The van der Waals surface area contributed by atoms with Crippen LogP contribution in [0.1, 0.15) is 26.2 Å². The average Bonchev–Trinajstić information content (AvgIpc) is 2.86. The molecule has 114 valence electrons. The molecule has 0 spiro atoms. The highest BCUT2D eigenvalue weighted by molar-refractivity contribution is 9.11. The molecule has 21 heavy (non-hydrogen) atoms. The molecule has 6 nitrogen and oxygen atoms in total. The maximum atomic E-state index is 12.4. The first-order chi connectivity index (χ1) is 9.92. The highest BCUT2D eigenvalue weighted by Crippen LogP contribution is 2.39. The topological polar surface area (TPSA) is 92.2 Å². The van der Waals surface area contributed by atoms with E-state index in [9.17, 15) is 14.7 Å². The van der Waals surface area contributed by atoms with Crippen molar-refractivity contribution in [1.82, 2.24) is 9.97 Å². The van der Waals surface area contributed by atoms with Crippen LogP contribution in [0.15, 0.2) is 15.4 Å². The molecule has 1 amide bonds. The fourth-order valence-electron chi connectivity index (χ4n) is 2.68. The molecule has 3 unspecified atom stereocenters. The quantitative estimate of drug-likeness (QED) is 0.780. The molecule has 1 saturated carbocycles. The summed E-state index contributed by atoms with van der Waals surface area (Å²) in [5, 5.41) is 11.9. The molecule has 1 aromatic rings. The maximum Gasteiger partial charge on any atom is 0.307 e. The summed E-state index contributed by atoms with van der Waals surface area (Å²) in [5.41, 5.74) is 0. The Labute approximate surface area is 139 Å². The number of hydrogen-bond acceptors (Lipinski definition) is 4. The lowest BCUT2D eigenvalue weighted by Crippen LogP contribution is -2.30. The Morgan fingerprint density at radius 3 is 2.62 bits per heavy atom. The van der Waals surface area contributed by atoms with Crippen LogP contribution in [0, 0.1) is 17.8 Å². The number of hydrogen-bond donors (Lipinski definition) is 2. The molecule has 2 N–H and O–H groups in total. The molecule has 0 radical (unpaired) electrons. The van der Waals surface area contributed by atoms with Crippen LogP contribution in [0.5, 0.6) is 0 Å². The summed E-state index contributed by atoms with van der Waals surface area (Å²) >= 11 is 6.40. The van der Waals surface area contributed by atoms with Gasteiger partial charge in [-0.3, -0.25) is 9.59 Å². The minimum Gasteiger partial charge on any atom is -0.481 e. The number of carbonyl (C=O) groups is 2. The molecule has 1 fully saturated rings. The molecule has 0 saturated heterocycles. The Morgan fingerprint density at radius 2 is 2.05 bits per heavy atom. The van der Waals surface area contributed by atoms with E-state index in [4.69, 9.17) is 0 Å². The van der Waals surface area contributed by atoms with Gasteiger partial charge in [-0.2, -0.15) is 0 Å². The molecule has 8 heteroatoms. The van der Waals surface area contributed by atoms with Crippen LogP contribution < -0.4 is 5.32 Å². The number of rotatable bonds is 4. The van der Waals surface area contributed by atoms with Gasteiger partial charge < -0.3 is 10.4 Å². The zero-order valence-corrected chi connectivity index (χ0v) is 14.5. The van der Waals surface area contributed by atoms with E-state index in [1.54, 1.807) is 0 Å². The number of nitrogens with one attached hydrogen (secondary N) is 1. The van der Waals surface area contributed by atoms with E-state index in [1.807, 2.05) is 6.92 Å². The molecular weight excluding hydrogens is 406 g/mol. The monoisotopic (exact) mass is 419 g/mol. The summed E-state index contributed by atoms with van der Waals surface area (Å²) in [5.74, 6) is -1.79. The van der Waals surface area contributed by atoms with Gasteiger partial charge in [0, 0.05) is 0 Å². The molecule has 0 aromatic carbocycles. The second-order valence-corrected chi connectivity index (χ2v) is 6.68. The molecule has 0 bridgehead atoms. The summed E-state index contributed by atoms with van der Waals surface area (Å²) in [7, 11) is 0. The van der Waals surface area contributed by atoms with Crippen LogP contribution in [0.3, 0.4) is 0 Å². The number of nitrogens with zero attached hydrogens (tertiary/aromatic N) is 2. The van der Waals surface area contributed by atoms with E-state index < -0.39 is 17.8 Å². The first-order valence-electron chi connectivity index (χ1n) is 6.64. The molecule has 1 aliphatic rings. The molecule has 1 heterocycles. The van der Waals surface area contributed by atoms with Gasteiger partial charge >= 0.3 is 5.97 Å². The molecule has 2 rings (SSSR count). The number of anilines is 1. The van der Waals surface area contributed by atoms with Crippen LogP contribution in [0.4, 0.5) is 5.82 Å². The van der Waals surface area contributed by atoms with Crippen LogP contribution in [-0.2, 0) is 9.59 Å². The fourth-order valence-corrected chi connectivity index (χ4v) is 3.59. The Kier molecular flexibility index (Phi) is 5.32. The third-order valence-electron chi connectivity index (χ3n) is 3.83. The van der Waals surface area contributed by atoms with E-state index in [1.165, 1.54) is 6.20 Å². The summed E-state index contributed by atoms with van der Waals surface area (Å²) in [4.78, 5) is 31.8. The van der Waals surface area contributed by atoms with Crippen molar-refractivity contribution in [3.63, 3.8) is 0 Å². The van der Waals surface area contributed by atoms with Crippen LogP contribution in [0.25, 0.3) is 0 Å². The van der Waals surface area contributed by atoms with E-state index in [-0.39, 0.29) is 11.8 Å². The van der Waals surface area contributed by atoms with Gasteiger partial charge in [0.05, 0.1) is 18.0 Å². The highest BCUT2D eigenvalue weighted by Gasteiger charge is 2.42. The van der Waals surface area contributed by atoms with Gasteiger partial charge in [0.1, 0.15) is 9.21 Å². The molecule has 1 aromatic heterocycles. The Bertz CT molecular complexity index is 568. The standard InChI is InChI=1S/C13H15Br2N3O3/c1-2-6-3-7(8(4-6)13(20)21)12(19)18-11-10(15)17-9(14)5-16-11/h5-8H,2-4H2,1H3,(H,20,21)(H,16,18,19). The lowest BCUT2D eigenvalue weighted by Gasteiger charge is -2.15. The first kappa shape index (κ1) is 16.4. The van der Waals surface area contributed by atoms with Gasteiger partial charge in [0.2, 0.25) is 5.91 Å². The Hall–Kier alpha value is -1.02. The Morgan fingerprint density at radius 1 is 1.38 bits per heavy atom. The van der Waals surface area contributed by atoms with E-state index >= 15 is 0 Å². The second kappa shape index (κ2) is 6.83. The first-order valence-corrected chi connectivity index (χ1v) is 8.22. The number of carboxylic acids is 1. The van der Waals surface area contributed by atoms with Crippen LogP contribution >= 0.6 is 31.9 Å². The molecular formula is C13H15Br2N3O3. The van der Waals surface area contributed by atoms with Crippen molar-refractivity contribution >= 4 is 49.6 Å². The number of amides is 1. The third-order valence-corrected chi connectivity index (χ3v) is 4.77. The maximum absolute atomic E-state index is 12.4. The van der Waals surface area contributed by atoms with E-state index in [2.05, 4.69) is 47.1 Å². The van der Waals surface area contributed by atoms with Gasteiger partial charge in [-0.1, -0.05) is 13.3 Å². The number of aliphatic carboxylic acids is 1. The summed E-state index contributed by atoms with van der Waals surface area (Å²) in [6, 6.07) is 0. The smallest absolute Gasteiger partial charge is 0.307 e. The second-order valence-electron chi connectivity index (χ2n) is 5.12. The van der Waals surface area contributed by atoms with Crippen molar-refractivity contribution in [1.29, 1.82) is 0 Å². The van der Waals surface area contributed by atoms with Gasteiger partial charge in [-0.25, -0.2) is 9.97 Å². The third kappa shape index (κ3) is 3.79. The molecule has 1 aliphatic carbocycles. The largest absolute Gasteiger partial charge is 0.481 e. The zero-order valence-electron chi connectivity index (χ0n) is 11.3. The van der Waals surface area contributed by atoms with Crippen molar-refractivity contribution in [2.24, 2.45) is 17.8 Å².